The average molecular weight is 448 g/mol. The van der Waals surface area contributed by atoms with E-state index in [9.17, 15) is 19.1 Å². The molecule has 2 aromatic carbocycles. The molecule has 1 aliphatic heterocycles. The van der Waals surface area contributed by atoms with Crippen LogP contribution in [0.3, 0.4) is 0 Å². The van der Waals surface area contributed by atoms with Crippen molar-refractivity contribution in [3.63, 3.8) is 0 Å². The lowest BCUT2D eigenvalue weighted by Gasteiger charge is -2.26. The van der Waals surface area contributed by atoms with Gasteiger partial charge < -0.3 is 19.5 Å². The number of ketones is 1. The molecule has 1 N–H and O–H groups in total. The molecule has 0 aromatic heterocycles. The second kappa shape index (κ2) is 9.49. The average Bonchev–Trinajstić information content (AvgIpc) is 2.98. The highest BCUT2D eigenvalue weighted by Gasteiger charge is 2.46. The van der Waals surface area contributed by atoms with Gasteiger partial charge in [0, 0.05) is 17.7 Å². The van der Waals surface area contributed by atoms with Gasteiger partial charge in [-0.05, 0) is 38.1 Å². The summed E-state index contributed by atoms with van der Waals surface area (Å²) in [5.41, 5.74) is 0.108. The minimum absolute atomic E-state index is 0.0574. The van der Waals surface area contributed by atoms with Crippen molar-refractivity contribution in [2.75, 3.05) is 20.3 Å². The van der Waals surface area contributed by atoms with Crippen LogP contribution in [0.5, 0.6) is 5.75 Å². The fourth-order valence-electron chi connectivity index (χ4n) is 3.49. The summed E-state index contributed by atoms with van der Waals surface area (Å²) >= 11 is 6.15. The Hall–Kier alpha value is -2.90. The fraction of sp³-hybridized carbons (Fsp3) is 0.304. The van der Waals surface area contributed by atoms with Crippen LogP contribution in [-0.4, -0.2) is 48.1 Å². The van der Waals surface area contributed by atoms with Crippen molar-refractivity contribution in [3.8, 4) is 5.75 Å². The Kier molecular flexibility index (Phi) is 6.97. The first-order valence-corrected chi connectivity index (χ1v) is 10.1. The number of ether oxygens (including phenoxy) is 2. The molecule has 0 aliphatic carbocycles. The number of amides is 1. The quantitative estimate of drug-likeness (QED) is 0.388. The lowest BCUT2D eigenvalue weighted by atomic mass is 9.95. The molecule has 1 amide bonds. The molecule has 2 aromatic rings. The molecule has 31 heavy (non-hydrogen) atoms. The molecular formula is C23H23ClFNO5. The number of methoxy groups -OCH3 is 1. The van der Waals surface area contributed by atoms with Crippen molar-refractivity contribution in [1.82, 2.24) is 4.90 Å². The van der Waals surface area contributed by atoms with E-state index in [1.54, 1.807) is 6.07 Å². The van der Waals surface area contributed by atoms with E-state index < -0.39 is 29.3 Å². The number of rotatable bonds is 7. The third-order valence-electron chi connectivity index (χ3n) is 4.95. The standard InChI is InChI=1S/C23H23ClFNO5/c1-13(2)31-11-10-26-20(15-6-4-5-7-17(15)25)19(22(28)23(26)29)21(27)14-8-9-18(30-3)16(24)12-14/h4-9,12-13,20,27H,10-11H2,1-3H3/b21-19+. The topological polar surface area (TPSA) is 76.1 Å². The summed E-state index contributed by atoms with van der Waals surface area (Å²) in [6.45, 7) is 3.90. The Bertz CT molecular complexity index is 1040. The molecule has 3 rings (SSSR count). The smallest absolute Gasteiger partial charge is 0.295 e. The Labute approximate surface area is 184 Å². The van der Waals surface area contributed by atoms with Gasteiger partial charge in [0.25, 0.3) is 11.7 Å². The number of carbonyl (C=O) groups is 2. The van der Waals surface area contributed by atoms with E-state index in [0.29, 0.717) is 5.75 Å². The number of hydrogen-bond donors (Lipinski definition) is 1. The highest BCUT2D eigenvalue weighted by Crippen LogP contribution is 2.40. The highest BCUT2D eigenvalue weighted by atomic mass is 35.5. The molecule has 164 valence electrons. The van der Waals surface area contributed by atoms with Gasteiger partial charge in [0.1, 0.15) is 17.3 Å². The molecule has 0 bridgehead atoms. The number of likely N-dealkylation sites (tertiary alicyclic amines) is 1. The lowest BCUT2D eigenvalue weighted by Crippen LogP contribution is -2.33. The molecule has 1 fully saturated rings. The van der Waals surface area contributed by atoms with Gasteiger partial charge in [0.15, 0.2) is 0 Å². The van der Waals surface area contributed by atoms with Crippen LogP contribution in [0.2, 0.25) is 5.02 Å². The summed E-state index contributed by atoms with van der Waals surface area (Å²) in [4.78, 5) is 26.9. The molecule has 0 radical (unpaired) electrons. The fourth-order valence-corrected chi connectivity index (χ4v) is 3.74. The number of aliphatic hydroxyl groups excluding tert-OH is 1. The van der Waals surface area contributed by atoms with Crippen LogP contribution in [0, 0.1) is 5.82 Å². The zero-order valence-corrected chi connectivity index (χ0v) is 18.1. The normalized spacial score (nSPS) is 18.1. The van der Waals surface area contributed by atoms with Crippen molar-refractivity contribution in [3.05, 3.63) is 70.0 Å². The van der Waals surface area contributed by atoms with Crippen molar-refractivity contribution in [1.29, 1.82) is 0 Å². The van der Waals surface area contributed by atoms with Gasteiger partial charge in [-0.3, -0.25) is 9.59 Å². The molecule has 1 atom stereocenters. The SMILES string of the molecule is COc1ccc(/C(O)=C2\C(=O)C(=O)N(CCOC(C)C)C2c2ccccc2F)cc1Cl. The number of carbonyl (C=O) groups excluding carboxylic acids is 2. The molecule has 1 aliphatic rings. The summed E-state index contributed by atoms with van der Waals surface area (Å²) in [6, 6.07) is 9.20. The molecule has 8 heteroatoms. The molecule has 1 unspecified atom stereocenters. The third-order valence-corrected chi connectivity index (χ3v) is 5.24. The number of halogens is 2. The van der Waals surface area contributed by atoms with Crippen LogP contribution in [0.25, 0.3) is 5.76 Å². The van der Waals surface area contributed by atoms with Gasteiger partial charge in [0.05, 0.1) is 36.5 Å². The second-order valence-corrected chi connectivity index (χ2v) is 7.69. The number of Topliss-reactive ketones (excluding diaryl/α,β-unsaturated/α-hetero) is 1. The van der Waals surface area contributed by atoms with Crippen LogP contribution in [-0.2, 0) is 14.3 Å². The monoisotopic (exact) mass is 447 g/mol. The minimum Gasteiger partial charge on any atom is -0.507 e. The van der Waals surface area contributed by atoms with Crippen LogP contribution >= 0.6 is 11.6 Å². The van der Waals surface area contributed by atoms with Crippen LogP contribution < -0.4 is 4.74 Å². The third kappa shape index (κ3) is 4.57. The van der Waals surface area contributed by atoms with Gasteiger partial charge in [-0.25, -0.2) is 4.39 Å². The van der Waals surface area contributed by atoms with Gasteiger partial charge in [-0.2, -0.15) is 0 Å². The van der Waals surface area contributed by atoms with E-state index >= 15 is 0 Å². The summed E-state index contributed by atoms with van der Waals surface area (Å²) in [5, 5.41) is 11.2. The zero-order chi connectivity index (χ0) is 22.7. The maximum absolute atomic E-state index is 14.7. The van der Waals surface area contributed by atoms with Crippen molar-refractivity contribution in [2.45, 2.75) is 26.0 Å². The molecular weight excluding hydrogens is 425 g/mol. The largest absolute Gasteiger partial charge is 0.507 e. The van der Waals surface area contributed by atoms with Gasteiger partial charge in [-0.15, -0.1) is 0 Å². The van der Waals surface area contributed by atoms with Crippen LogP contribution in [0.15, 0.2) is 48.0 Å². The second-order valence-electron chi connectivity index (χ2n) is 7.28. The lowest BCUT2D eigenvalue weighted by molar-refractivity contribution is -0.140. The Morgan fingerprint density at radius 3 is 2.55 bits per heavy atom. The van der Waals surface area contributed by atoms with E-state index in [-0.39, 0.29) is 41.0 Å². The minimum atomic E-state index is -1.10. The van der Waals surface area contributed by atoms with Crippen LogP contribution in [0.4, 0.5) is 4.39 Å². The van der Waals surface area contributed by atoms with E-state index in [4.69, 9.17) is 21.1 Å². The molecule has 1 saturated heterocycles. The van der Waals surface area contributed by atoms with Gasteiger partial charge in [0.2, 0.25) is 0 Å². The van der Waals surface area contributed by atoms with E-state index in [1.807, 2.05) is 13.8 Å². The number of hydrogen-bond acceptors (Lipinski definition) is 5. The maximum Gasteiger partial charge on any atom is 0.295 e. The van der Waals surface area contributed by atoms with Crippen molar-refractivity contribution < 1.29 is 28.6 Å². The summed E-state index contributed by atoms with van der Waals surface area (Å²) in [5.74, 6) is -2.38. The Morgan fingerprint density at radius 1 is 1.23 bits per heavy atom. The number of benzene rings is 2. The molecule has 0 spiro atoms. The number of nitrogens with zero attached hydrogens (tertiary/aromatic N) is 1. The predicted octanol–water partition coefficient (Wildman–Crippen LogP) is 4.33. The summed E-state index contributed by atoms with van der Waals surface area (Å²) in [7, 11) is 1.45. The molecule has 0 saturated carbocycles. The molecule has 1 heterocycles. The zero-order valence-electron chi connectivity index (χ0n) is 17.4. The van der Waals surface area contributed by atoms with E-state index in [0.717, 1.165) is 0 Å². The Morgan fingerprint density at radius 2 is 1.94 bits per heavy atom. The van der Waals surface area contributed by atoms with Crippen molar-refractivity contribution >= 4 is 29.1 Å². The van der Waals surface area contributed by atoms with Gasteiger partial charge in [-0.1, -0.05) is 29.8 Å². The first-order valence-electron chi connectivity index (χ1n) is 9.74. The molecule has 6 nitrogen and oxygen atoms in total. The van der Waals surface area contributed by atoms with E-state index in [1.165, 1.54) is 48.4 Å². The van der Waals surface area contributed by atoms with Crippen LogP contribution in [0.1, 0.15) is 31.0 Å². The first-order chi connectivity index (χ1) is 14.8. The maximum atomic E-state index is 14.7. The predicted molar refractivity (Wildman–Crippen MR) is 115 cm³/mol. The summed E-state index contributed by atoms with van der Waals surface area (Å²) < 4.78 is 25.3. The number of aliphatic hydroxyl groups is 1. The van der Waals surface area contributed by atoms with Gasteiger partial charge >= 0.3 is 0 Å². The summed E-state index contributed by atoms with van der Waals surface area (Å²) in [6.07, 6.45) is -0.0785. The Balaban J connectivity index is 2.13. The van der Waals surface area contributed by atoms with Crippen molar-refractivity contribution in [2.24, 2.45) is 0 Å². The first kappa shape index (κ1) is 22.8. The highest BCUT2D eigenvalue weighted by molar-refractivity contribution is 6.46. The van der Waals surface area contributed by atoms with E-state index in [2.05, 4.69) is 0 Å².